The number of benzene rings is 1. The molecule has 4 heteroatoms. The van der Waals surface area contributed by atoms with E-state index >= 15 is 0 Å². The maximum atomic E-state index is 9.43. The van der Waals surface area contributed by atoms with Gasteiger partial charge in [0.2, 0.25) is 0 Å². The fourth-order valence-electron chi connectivity index (χ4n) is 2.37. The SMILES string of the molecule is COCc1ccccc1C(CN)NC(C)CC(C)O. The van der Waals surface area contributed by atoms with Gasteiger partial charge in [-0.1, -0.05) is 24.3 Å². The van der Waals surface area contributed by atoms with Crippen LogP contribution < -0.4 is 11.1 Å². The predicted octanol–water partition coefficient (Wildman–Crippen LogP) is 1.58. The number of nitrogens with two attached hydrogens (primary N) is 1. The van der Waals surface area contributed by atoms with Crippen molar-refractivity contribution in [3.8, 4) is 0 Å². The van der Waals surface area contributed by atoms with Crippen molar-refractivity contribution in [1.29, 1.82) is 0 Å². The summed E-state index contributed by atoms with van der Waals surface area (Å²) in [5.41, 5.74) is 8.20. The number of aliphatic hydroxyl groups is 1. The average molecular weight is 266 g/mol. The summed E-state index contributed by atoms with van der Waals surface area (Å²) in [6, 6.07) is 8.45. The molecule has 0 fully saturated rings. The molecule has 0 aliphatic heterocycles. The topological polar surface area (TPSA) is 67.5 Å². The average Bonchev–Trinajstić information content (AvgIpc) is 2.36. The minimum atomic E-state index is -0.310. The predicted molar refractivity (Wildman–Crippen MR) is 77.8 cm³/mol. The number of aliphatic hydroxyl groups excluding tert-OH is 1. The van der Waals surface area contributed by atoms with E-state index in [4.69, 9.17) is 10.5 Å². The van der Waals surface area contributed by atoms with Crippen LogP contribution in [0.5, 0.6) is 0 Å². The summed E-state index contributed by atoms with van der Waals surface area (Å²) in [6.45, 7) is 4.97. The van der Waals surface area contributed by atoms with Gasteiger partial charge in [0.05, 0.1) is 12.7 Å². The molecule has 4 N–H and O–H groups in total. The van der Waals surface area contributed by atoms with E-state index < -0.39 is 0 Å². The number of rotatable bonds is 8. The van der Waals surface area contributed by atoms with Crippen LogP contribution in [0.3, 0.4) is 0 Å². The van der Waals surface area contributed by atoms with Crippen molar-refractivity contribution in [1.82, 2.24) is 5.32 Å². The molecule has 1 aromatic carbocycles. The standard InChI is InChI=1S/C15H26N2O2/c1-11(8-12(2)18)17-15(9-16)14-7-5-4-6-13(14)10-19-3/h4-7,11-12,15,17-18H,8-10,16H2,1-3H3. The van der Waals surface area contributed by atoms with Crippen LogP contribution in [0.4, 0.5) is 0 Å². The molecule has 3 atom stereocenters. The maximum absolute atomic E-state index is 9.43. The zero-order chi connectivity index (χ0) is 14.3. The molecule has 19 heavy (non-hydrogen) atoms. The van der Waals surface area contributed by atoms with Gasteiger partial charge in [-0.15, -0.1) is 0 Å². The molecule has 0 aliphatic carbocycles. The van der Waals surface area contributed by atoms with Gasteiger partial charge in [0, 0.05) is 25.7 Å². The molecule has 0 saturated carbocycles. The van der Waals surface area contributed by atoms with Crippen molar-refractivity contribution < 1.29 is 9.84 Å². The van der Waals surface area contributed by atoms with Crippen LogP contribution in [0, 0.1) is 0 Å². The van der Waals surface area contributed by atoms with E-state index in [-0.39, 0.29) is 18.2 Å². The molecule has 108 valence electrons. The Labute approximate surface area is 116 Å². The number of hydrogen-bond acceptors (Lipinski definition) is 4. The molecule has 0 amide bonds. The Morgan fingerprint density at radius 1 is 1.32 bits per heavy atom. The molecule has 4 nitrogen and oxygen atoms in total. The zero-order valence-corrected chi connectivity index (χ0v) is 12.1. The lowest BCUT2D eigenvalue weighted by Gasteiger charge is -2.25. The minimum Gasteiger partial charge on any atom is -0.393 e. The fourth-order valence-corrected chi connectivity index (χ4v) is 2.37. The van der Waals surface area contributed by atoms with Gasteiger partial charge in [0.25, 0.3) is 0 Å². The van der Waals surface area contributed by atoms with Crippen LogP contribution >= 0.6 is 0 Å². The first-order valence-electron chi connectivity index (χ1n) is 6.79. The van der Waals surface area contributed by atoms with Gasteiger partial charge in [-0.2, -0.15) is 0 Å². The van der Waals surface area contributed by atoms with Gasteiger partial charge in [-0.05, 0) is 31.4 Å². The number of nitrogens with one attached hydrogen (secondary N) is 1. The van der Waals surface area contributed by atoms with E-state index in [1.165, 1.54) is 5.56 Å². The Bertz CT molecular complexity index is 369. The molecule has 1 rings (SSSR count). The van der Waals surface area contributed by atoms with Crippen molar-refractivity contribution in [2.45, 2.75) is 45.1 Å². The molecule has 0 aliphatic rings. The summed E-state index contributed by atoms with van der Waals surface area (Å²) in [6.07, 6.45) is 0.401. The molecule has 0 heterocycles. The van der Waals surface area contributed by atoms with Gasteiger partial charge in [-0.25, -0.2) is 0 Å². The molecule has 0 saturated heterocycles. The van der Waals surface area contributed by atoms with Crippen LogP contribution in [0.1, 0.15) is 37.4 Å². The highest BCUT2D eigenvalue weighted by Crippen LogP contribution is 2.19. The van der Waals surface area contributed by atoms with Crippen LogP contribution in [-0.2, 0) is 11.3 Å². The third-order valence-electron chi connectivity index (χ3n) is 3.15. The zero-order valence-electron chi connectivity index (χ0n) is 12.1. The van der Waals surface area contributed by atoms with E-state index in [9.17, 15) is 5.11 Å². The van der Waals surface area contributed by atoms with E-state index in [1.54, 1.807) is 14.0 Å². The Balaban J connectivity index is 2.79. The van der Waals surface area contributed by atoms with Crippen LogP contribution in [0.2, 0.25) is 0 Å². The summed E-state index contributed by atoms with van der Waals surface area (Å²) in [4.78, 5) is 0. The van der Waals surface area contributed by atoms with Crippen molar-refractivity contribution in [3.05, 3.63) is 35.4 Å². The lowest BCUT2D eigenvalue weighted by Crippen LogP contribution is -2.37. The first-order valence-corrected chi connectivity index (χ1v) is 6.79. The second-order valence-electron chi connectivity index (χ2n) is 5.07. The highest BCUT2D eigenvalue weighted by Gasteiger charge is 2.16. The van der Waals surface area contributed by atoms with Gasteiger partial charge >= 0.3 is 0 Å². The molecule has 0 aromatic heterocycles. The van der Waals surface area contributed by atoms with Crippen LogP contribution in [0.25, 0.3) is 0 Å². The highest BCUT2D eigenvalue weighted by molar-refractivity contribution is 5.30. The first kappa shape index (κ1) is 16.1. The molecular formula is C15H26N2O2. The second kappa shape index (κ2) is 8.27. The summed E-state index contributed by atoms with van der Waals surface area (Å²) >= 11 is 0. The first-order chi connectivity index (χ1) is 9.08. The van der Waals surface area contributed by atoms with E-state index in [0.717, 1.165) is 5.56 Å². The van der Waals surface area contributed by atoms with Crippen molar-refractivity contribution in [2.75, 3.05) is 13.7 Å². The second-order valence-corrected chi connectivity index (χ2v) is 5.07. The normalized spacial score (nSPS) is 16.1. The van der Waals surface area contributed by atoms with Gasteiger partial charge in [0.15, 0.2) is 0 Å². The van der Waals surface area contributed by atoms with Crippen molar-refractivity contribution in [2.24, 2.45) is 5.73 Å². The maximum Gasteiger partial charge on any atom is 0.0716 e. The lowest BCUT2D eigenvalue weighted by molar-refractivity contribution is 0.167. The quantitative estimate of drug-likeness (QED) is 0.668. The number of hydrogen-bond donors (Lipinski definition) is 3. The molecule has 0 spiro atoms. The summed E-state index contributed by atoms with van der Waals surface area (Å²) < 4.78 is 5.22. The number of ether oxygens (including phenoxy) is 1. The lowest BCUT2D eigenvalue weighted by atomic mass is 9.99. The monoisotopic (exact) mass is 266 g/mol. The minimum absolute atomic E-state index is 0.0834. The summed E-state index contributed by atoms with van der Waals surface area (Å²) in [5, 5.41) is 12.9. The smallest absolute Gasteiger partial charge is 0.0716 e. The summed E-state index contributed by atoms with van der Waals surface area (Å²) in [5.74, 6) is 0. The Hall–Kier alpha value is -0.940. The molecular weight excluding hydrogens is 240 g/mol. The Morgan fingerprint density at radius 3 is 2.58 bits per heavy atom. The van der Waals surface area contributed by atoms with Gasteiger partial charge in [0.1, 0.15) is 0 Å². The molecule has 1 aromatic rings. The fraction of sp³-hybridized carbons (Fsp3) is 0.600. The Kier molecular flexibility index (Phi) is 7.02. The van der Waals surface area contributed by atoms with Gasteiger partial charge in [-0.3, -0.25) is 0 Å². The Morgan fingerprint density at radius 2 is 2.00 bits per heavy atom. The van der Waals surface area contributed by atoms with E-state index in [0.29, 0.717) is 19.6 Å². The third kappa shape index (κ3) is 5.28. The number of methoxy groups -OCH3 is 1. The van der Waals surface area contributed by atoms with Gasteiger partial charge < -0.3 is 20.9 Å². The van der Waals surface area contributed by atoms with Crippen molar-refractivity contribution >= 4 is 0 Å². The highest BCUT2D eigenvalue weighted by atomic mass is 16.5. The summed E-state index contributed by atoms with van der Waals surface area (Å²) in [7, 11) is 1.69. The largest absolute Gasteiger partial charge is 0.393 e. The van der Waals surface area contributed by atoms with E-state index in [2.05, 4.69) is 24.4 Å². The van der Waals surface area contributed by atoms with Crippen molar-refractivity contribution in [3.63, 3.8) is 0 Å². The molecule has 0 radical (unpaired) electrons. The van der Waals surface area contributed by atoms with Crippen LogP contribution in [-0.4, -0.2) is 30.9 Å². The molecule has 0 bridgehead atoms. The molecule has 3 unspecified atom stereocenters. The third-order valence-corrected chi connectivity index (χ3v) is 3.15. The van der Waals surface area contributed by atoms with E-state index in [1.807, 2.05) is 12.1 Å². The van der Waals surface area contributed by atoms with Crippen LogP contribution in [0.15, 0.2) is 24.3 Å².